The number of aromatic nitrogens is 2. The van der Waals surface area contributed by atoms with E-state index in [1.807, 2.05) is 61.2 Å². The largest absolute Gasteiger partial charge is 0.368 e. The Labute approximate surface area is 208 Å². The lowest BCUT2D eigenvalue weighted by molar-refractivity contribution is -0.384. The predicted octanol–water partition coefficient (Wildman–Crippen LogP) is 4.56. The summed E-state index contributed by atoms with van der Waals surface area (Å²) in [5.41, 5.74) is 5.59. The van der Waals surface area contributed by atoms with Crippen molar-refractivity contribution in [3.63, 3.8) is 0 Å². The van der Waals surface area contributed by atoms with Gasteiger partial charge in [-0.25, -0.2) is 4.98 Å². The number of aryl methyl sites for hydroxylation is 1. The van der Waals surface area contributed by atoms with Crippen molar-refractivity contribution in [2.45, 2.75) is 13.8 Å². The number of nitrogens with one attached hydrogen (secondary N) is 1. The molecule has 1 saturated heterocycles. The molecule has 0 spiro atoms. The zero-order valence-corrected chi connectivity index (χ0v) is 20.1. The molecule has 2 aliphatic heterocycles. The van der Waals surface area contributed by atoms with E-state index in [1.54, 1.807) is 12.3 Å². The summed E-state index contributed by atoms with van der Waals surface area (Å²) in [6.07, 6.45) is 1.59. The van der Waals surface area contributed by atoms with Crippen LogP contribution < -0.4 is 15.4 Å². The number of aromatic amines is 1. The third kappa shape index (κ3) is 4.43. The number of benzene rings is 1. The van der Waals surface area contributed by atoms with Crippen molar-refractivity contribution in [3.8, 4) is 11.3 Å². The minimum absolute atomic E-state index is 0.0250. The molecule has 5 rings (SSSR count). The molecule has 182 valence electrons. The summed E-state index contributed by atoms with van der Waals surface area (Å²) in [7, 11) is 0. The Morgan fingerprint density at radius 1 is 1.03 bits per heavy atom. The molecule has 1 aromatic carbocycles. The third-order valence-electron chi connectivity index (χ3n) is 6.53. The van der Waals surface area contributed by atoms with Crippen molar-refractivity contribution >= 4 is 28.6 Å². The minimum Gasteiger partial charge on any atom is -0.368 e. The molecule has 3 heterocycles. The Morgan fingerprint density at radius 3 is 2.56 bits per heavy atom. The highest BCUT2D eigenvalue weighted by Crippen LogP contribution is 2.30. The topological polar surface area (TPSA) is 108 Å². The average molecular weight is 483 g/mol. The van der Waals surface area contributed by atoms with Crippen LogP contribution in [0.15, 0.2) is 76.6 Å². The van der Waals surface area contributed by atoms with Gasteiger partial charge in [0.1, 0.15) is 0 Å². The molecule has 3 aliphatic rings. The van der Waals surface area contributed by atoms with Crippen LogP contribution in [0.5, 0.6) is 0 Å². The molecule has 36 heavy (non-hydrogen) atoms. The molecule has 0 atom stereocenters. The maximum atomic E-state index is 12.7. The maximum absolute atomic E-state index is 12.7. The van der Waals surface area contributed by atoms with Crippen LogP contribution in [-0.4, -0.2) is 46.8 Å². The lowest BCUT2D eigenvalue weighted by atomic mass is 10.1. The quantitative estimate of drug-likeness (QED) is 0.254. The van der Waals surface area contributed by atoms with Crippen molar-refractivity contribution in [2.24, 2.45) is 4.99 Å². The highest BCUT2D eigenvalue weighted by Gasteiger charge is 2.25. The highest BCUT2D eigenvalue weighted by atomic mass is 16.6. The summed E-state index contributed by atoms with van der Waals surface area (Å²) < 4.78 is 0. The van der Waals surface area contributed by atoms with Crippen LogP contribution >= 0.6 is 0 Å². The molecule has 9 heteroatoms. The molecule has 0 radical (unpaired) electrons. The number of anilines is 2. The molecule has 0 saturated carbocycles. The van der Waals surface area contributed by atoms with Crippen LogP contribution in [0.2, 0.25) is 0 Å². The summed E-state index contributed by atoms with van der Waals surface area (Å²) in [6, 6.07) is 18.8. The SMILES string of the molecule is C/C(=N\c1cc(N2CCN(c3ncccc3[N+](=O)[O-])CC2)ccc1C)c1c2cccccc-2[nH]c1=O. The molecule has 1 N–H and O–H groups in total. The van der Waals surface area contributed by atoms with Gasteiger partial charge in [0.25, 0.3) is 5.56 Å². The number of fused-ring (bicyclic) bond motifs is 1. The molecule has 1 aliphatic carbocycles. The monoisotopic (exact) mass is 482 g/mol. The van der Waals surface area contributed by atoms with E-state index in [0.29, 0.717) is 43.3 Å². The second kappa shape index (κ2) is 9.61. The van der Waals surface area contributed by atoms with Crippen LogP contribution in [0.1, 0.15) is 18.1 Å². The molecule has 0 unspecified atom stereocenters. The number of hydrogen-bond acceptors (Lipinski definition) is 7. The smallest absolute Gasteiger partial charge is 0.311 e. The van der Waals surface area contributed by atoms with Gasteiger partial charge in [-0.1, -0.05) is 30.3 Å². The van der Waals surface area contributed by atoms with Gasteiger partial charge in [0.05, 0.1) is 21.9 Å². The zero-order valence-electron chi connectivity index (χ0n) is 20.1. The third-order valence-corrected chi connectivity index (χ3v) is 6.53. The average Bonchev–Trinajstić information content (AvgIpc) is 3.03. The second-order valence-corrected chi connectivity index (χ2v) is 8.81. The van der Waals surface area contributed by atoms with Gasteiger partial charge < -0.3 is 14.8 Å². The van der Waals surface area contributed by atoms with E-state index in [9.17, 15) is 14.9 Å². The molecule has 2 aromatic rings. The number of hydrogen-bond donors (Lipinski definition) is 1. The number of rotatable bonds is 5. The Morgan fingerprint density at radius 2 is 1.78 bits per heavy atom. The molecule has 1 aromatic heterocycles. The van der Waals surface area contributed by atoms with Crippen molar-refractivity contribution in [3.05, 3.63) is 98.5 Å². The molecular weight excluding hydrogens is 456 g/mol. The lowest BCUT2D eigenvalue weighted by Gasteiger charge is -2.36. The van der Waals surface area contributed by atoms with E-state index in [0.717, 1.165) is 28.2 Å². The number of piperazine rings is 1. The Hall–Kier alpha value is -4.53. The van der Waals surface area contributed by atoms with Crippen LogP contribution in [0.3, 0.4) is 0 Å². The highest BCUT2D eigenvalue weighted by molar-refractivity contribution is 6.05. The Balaban J connectivity index is 1.38. The number of nitrogens with zero attached hydrogens (tertiary/aromatic N) is 5. The zero-order chi connectivity index (χ0) is 25.2. The van der Waals surface area contributed by atoms with Crippen LogP contribution in [0.4, 0.5) is 22.9 Å². The van der Waals surface area contributed by atoms with Crippen LogP contribution in [0, 0.1) is 17.0 Å². The van der Waals surface area contributed by atoms with Gasteiger partial charge in [0, 0.05) is 55.4 Å². The minimum atomic E-state index is -0.387. The molecule has 1 fully saturated rings. The van der Waals surface area contributed by atoms with E-state index in [-0.39, 0.29) is 16.2 Å². The van der Waals surface area contributed by atoms with Gasteiger partial charge in [0.2, 0.25) is 5.82 Å². The van der Waals surface area contributed by atoms with Gasteiger partial charge in [0.15, 0.2) is 0 Å². The molecule has 0 amide bonds. The molecule has 9 nitrogen and oxygen atoms in total. The van der Waals surface area contributed by atoms with Gasteiger partial charge in [-0.05, 0) is 43.7 Å². The first-order valence-corrected chi connectivity index (χ1v) is 11.8. The van der Waals surface area contributed by atoms with E-state index < -0.39 is 0 Å². The summed E-state index contributed by atoms with van der Waals surface area (Å²) >= 11 is 0. The summed E-state index contributed by atoms with van der Waals surface area (Å²) in [5.74, 6) is 0.410. The van der Waals surface area contributed by atoms with E-state index in [4.69, 9.17) is 4.99 Å². The number of pyridine rings is 1. The predicted molar refractivity (Wildman–Crippen MR) is 142 cm³/mol. The first-order chi connectivity index (χ1) is 17.4. The van der Waals surface area contributed by atoms with Crippen molar-refractivity contribution in [2.75, 3.05) is 36.0 Å². The van der Waals surface area contributed by atoms with Crippen molar-refractivity contribution < 1.29 is 4.92 Å². The van der Waals surface area contributed by atoms with Gasteiger partial charge in [-0.2, -0.15) is 0 Å². The normalized spacial score (nSPS) is 14.3. The van der Waals surface area contributed by atoms with E-state index >= 15 is 0 Å². The van der Waals surface area contributed by atoms with Crippen LogP contribution in [0.25, 0.3) is 11.3 Å². The fourth-order valence-electron chi connectivity index (χ4n) is 4.64. The van der Waals surface area contributed by atoms with Crippen molar-refractivity contribution in [1.82, 2.24) is 9.97 Å². The lowest BCUT2D eigenvalue weighted by Crippen LogP contribution is -2.47. The van der Waals surface area contributed by atoms with Gasteiger partial charge >= 0.3 is 5.69 Å². The first kappa shape index (κ1) is 23.2. The van der Waals surface area contributed by atoms with Gasteiger partial charge in [-0.3, -0.25) is 19.9 Å². The molecular formula is C27H26N6O3. The Kier molecular flexibility index (Phi) is 6.20. The Bertz CT molecular complexity index is 1490. The maximum Gasteiger partial charge on any atom is 0.311 e. The number of nitro groups is 1. The van der Waals surface area contributed by atoms with Crippen LogP contribution in [-0.2, 0) is 0 Å². The number of H-pyrrole nitrogens is 1. The summed E-state index contributed by atoms with van der Waals surface area (Å²) in [6.45, 7) is 6.50. The van der Waals surface area contributed by atoms with E-state index in [2.05, 4.69) is 20.9 Å². The fourth-order valence-corrected chi connectivity index (χ4v) is 4.64. The first-order valence-electron chi connectivity index (χ1n) is 11.8. The van der Waals surface area contributed by atoms with Crippen molar-refractivity contribution in [1.29, 1.82) is 0 Å². The summed E-state index contributed by atoms with van der Waals surface area (Å²) in [5, 5.41) is 11.4. The van der Waals surface area contributed by atoms with Gasteiger partial charge in [-0.15, -0.1) is 0 Å². The van der Waals surface area contributed by atoms with E-state index in [1.165, 1.54) is 6.07 Å². The number of aliphatic imine (C=N–C) groups is 1. The second-order valence-electron chi connectivity index (χ2n) is 8.81. The standard InChI is InChI=1S/C27H26N6O3/c1-18-10-11-20(31-13-15-32(16-14-31)26-24(33(35)36)9-6-12-28-26)17-23(18)29-19(2)25-21-7-4-3-5-8-22(21)30-27(25)34/h3-12,17H,13-16H2,1-2H3,(H,30,34)/b29-19+. The molecule has 0 bridgehead atoms. The summed E-state index contributed by atoms with van der Waals surface area (Å²) in [4.78, 5) is 39.9. The fraction of sp³-hybridized carbons (Fsp3) is 0.222.